The van der Waals surface area contributed by atoms with Gasteiger partial charge >= 0.3 is 5.97 Å². The summed E-state index contributed by atoms with van der Waals surface area (Å²) in [5.41, 5.74) is 2.33. The van der Waals surface area contributed by atoms with Gasteiger partial charge in [0, 0.05) is 22.6 Å². The molecule has 1 aliphatic rings. The lowest BCUT2D eigenvalue weighted by atomic mass is 9.86. The number of esters is 1. The largest absolute Gasteiger partial charge is 0.507 e. The van der Waals surface area contributed by atoms with Gasteiger partial charge in [-0.05, 0) is 40.1 Å². The van der Waals surface area contributed by atoms with Gasteiger partial charge in [0.25, 0.3) is 0 Å². The number of rotatable bonds is 2. The summed E-state index contributed by atoms with van der Waals surface area (Å²) in [6.07, 6.45) is 1.50. The van der Waals surface area contributed by atoms with Gasteiger partial charge in [-0.1, -0.05) is 23.7 Å². The number of carbonyl (C=O) groups is 1. The first kappa shape index (κ1) is 18.0. The average Bonchev–Trinajstić information content (AvgIpc) is 3.23. The predicted molar refractivity (Wildman–Crippen MR) is 111 cm³/mol. The fourth-order valence-electron chi connectivity index (χ4n) is 3.72. The second-order valence-corrected chi connectivity index (χ2v) is 8.00. The zero-order chi connectivity index (χ0) is 20.1. The molecular formula is C22H13ClO5S. The molecule has 4 aromatic rings. The van der Waals surface area contributed by atoms with E-state index in [0.717, 1.165) is 5.56 Å². The molecule has 29 heavy (non-hydrogen) atoms. The van der Waals surface area contributed by atoms with Crippen LogP contribution in [-0.2, 0) is 4.79 Å². The van der Waals surface area contributed by atoms with E-state index in [4.69, 9.17) is 20.8 Å². The van der Waals surface area contributed by atoms with E-state index < -0.39 is 5.97 Å². The maximum absolute atomic E-state index is 13.2. The number of hydrogen-bond donors (Lipinski definition) is 1. The highest BCUT2D eigenvalue weighted by Gasteiger charge is 2.33. The van der Waals surface area contributed by atoms with E-state index in [9.17, 15) is 14.7 Å². The third-order valence-corrected chi connectivity index (χ3v) is 6.02. The predicted octanol–water partition coefficient (Wildman–Crippen LogP) is 5.32. The van der Waals surface area contributed by atoms with Gasteiger partial charge in [0.1, 0.15) is 28.7 Å². The summed E-state index contributed by atoms with van der Waals surface area (Å²) in [6, 6.07) is 10.0. The van der Waals surface area contributed by atoms with Crippen molar-refractivity contribution in [2.45, 2.75) is 12.3 Å². The zero-order valence-electron chi connectivity index (χ0n) is 14.8. The van der Waals surface area contributed by atoms with E-state index in [1.807, 2.05) is 16.8 Å². The summed E-state index contributed by atoms with van der Waals surface area (Å²) in [7, 11) is 0. The lowest BCUT2D eigenvalue weighted by molar-refractivity contribution is -0.135. The Kier molecular flexibility index (Phi) is 4.19. The van der Waals surface area contributed by atoms with Gasteiger partial charge in [0.2, 0.25) is 5.43 Å². The third kappa shape index (κ3) is 2.92. The molecule has 0 fully saturated rings. The smallest absolute Gasteiger partial charge is 0.312 e. The van der Waals surface area contributed by atoms with Crippen molar-refractivity contribution < 1.29 is 19.1 Å². The van der Waals surface area contributed by atoms with Crippen molar-refractivity contribution in [2.75, 3.05) is 0 Å². The molecule has 5 nitrogen and oxygen atoms in total. The number of phenolic OH excluding ortho intramolecular Hbond substituents is 1. The lowest BCUT2D eigenvalue weighted by Gasteiger charge is -2.25. The summed E-state index contributed by atoms with van der Waals surface area (Å²) >= 11 is 7.45. The fraction of sp³-hybridized carbons (Fsp3) is 0.0909. The quantitative estimate of drug-likeness (QED) is 0.348. The first-order valence-corrected chi connectivity index (χ1v) is 10.1. The van der Waals surface area contributed by atoms with Crippen LogP contribution < -0.4 is 10.2 Å². The summed E-state index contributed by atoms with van der Waals surface area (Å²) in [5, 5.41) is 15.0. The second kappa shape index (κ2) is 6.76. The van der Waals surface area contributed by atoms with Crippen LogP contribution in [0.1, 0.15) is 23.5 Å². The molecule has 0 aliphatic carbocycles. The molecule has 2 aromatic heterocycles. The summed E-state index contributed by atoms with van der Waals surface area (Å²) in [5.74, 6) is -0.787. The molecule has 0 amide bonds. The van der Waals surface area contributed by atoms with Crippen LogP contribution in [0.2, 0.25) is 5.02 Å². The fourth-order valence-corrected chi connectivity index (χ4v) is 4.56. The Bertz CT molecular complexity index is 1310. The molecule has 3 heterocycles. The Morgan fingerprint density at radius 1 is 1.14 bits per heavy atom. The number of thiophene rings is 1. The number of aromatic hydroxyl groups is 1. The van der Waals surface area contributed by atoms with Crippen molar-refractivity contribution in [3.05, 3.63) is 79.8 Å². The van der Waals surface area contributed by atoms with Crippen molar-refractivity contribution in [1.82, 2.24) is 0 Å². The molecule has 0 bridgehead atoms. The van der Waals surface area contributed by atoms with Gasteiger partial charge in [-0.25, -0.2) is 0 Å². The first-order valence-electron chi connectivity index (χ1n) is 8.83. The topological polar surface area (TPSA) is 76.7 Å². The summed E-state index contributed by atoms with van der Waals surface area (Å²) in [4.78, 5) is 25.3. The maximum atomic E-state index is 13.2. The lowest BCUT2D eigenvalue weighted by Crippen LogP contribution is -2.21. The van der Waals surface area contributed by atoms with Crippen LogP contribution in [0.15, 0.2) is 62.6 Å². The van der Waals surface area contributed by atoms with Crippen molar-refractivity contribution >= 4 is 39.9 Å². The number of fused-ring (bicyclic) bond motifs is 3. The molecule has 1 N–H and O–H groups in total. The minimum Gasteiger partial charge on any atom is -0.507 e. The van der Waals surface area contributed by atoms with E-state index >= 15 is 0 Å². The molecule has 0 spiro atoms. The maximum Gasteiger partial charge on any atom is 0.312 e. The molecule has 5 rings (SSSR count). The van der Waals surface area contributed by atoms with Crippen molar-refractivity contribution in [3.8, 4) is 22.6 Å². The van der Waals surface area contributed by atoms with Crippen molar-refractivity contribution in [1.29, 1.82) is 0 Å². The Labute approximate surface area is 173 Å². The molecule has 144 valence electrons. The Morgan fingerprint density at radius 2 is 1.93 bits per heavy atom. The van der Waals surface area contributed by atoms with E-state index in [0.29, 0.717) is 21.7 Å². The Balaban J connectivity index is 1.79. The van der Waals surface area contributed by atoms with E-state index in [-0.39, 0.29) is 40.2 Å². The normalized spacial score (nSPS) is 15.9. The van der Waals surface area contributed by atoms with Crippen molar-refractivity contribution in [3.63, 3.8) is 0 Å². The van der Waals surface area contributed by atoms with Gasteiger partial charge in [-0.3, -0.25) is 9.59 Å². The molecule has 0 radical (unpaired) electrons. The molecular weight excluding hydrogens is 412 g/mol. The van der Waals surface area contributed by atoms with Gasteiger partial charge in [0.15, 0.2) is 0 Å². The Morgan fingerprint density at radius 3 is 2.66 bits per heavy atom. The van der Waals surface area contributed by atoms with Crippen LogP contribution in [-0.4, -0.2) is 11.1 Å². The van der Waals surface area contributed by atoms with Gasteiger partial charge in [0.05, 0.1) is 12.0 Å². The number of benzene rings is 2. The van der Waals surface area contributed by atoms with E-state index in [1.165, 1.54) is 23.7 Å². The zero-order valence-corrected chi connectivity index (χ0v) is 16.4. The number of halogens is 1. The second-order valence-electron chi connectivity index (χ2n) is 6.78. The van der Waals surface area contributed by atoms with Crippen LogP contribution >= 0.6 is 22.9 Å². The molecule has 1 aliphatic heterocycles. The minimum absolute atomic E-state index is 0.0642. The summed E-state index contributed by atoms with van der Waals surface area (Å²) in [6.45, 7) is 0. The number of phenols is 1. The molecule has 2 aromatic carbocycles. The van der Waals surface area contributed by atoms with Gasteiger partial charge in [-0.2, -0.15) is 11.3 Å². The standard InChI is InChI=1S/C22H13ClO5S/c23-13-3-1-11(2-4-13)15-9-27-22-19-14(12-5-6-29-10-12)7-18(25)28-17(19)8-16(24)20(22)21(15)26/h1-6,8-10,14,24H,7H2. The monoisotopic (exact) mass is 424 g/mol. The van der Waals surface area contributed by atoms with E-state index in [2.05, 4.69) is 0 Å². The number of ether oxygens (including phenoxy) is 1. The highest BCUT2D eigenvalue weighted by molar-refractivity contribution is 7.08. The van der Waals surface area contributed by atoms with Gasteiger partial charge < -0.3 is 14.3 Å². The SMILES string of the molecule is O=C1CC(c2ccsc2)c2c(cc(O)c3c(=O)c(-c4ccc(Cl)cc4)coc23)O1. The minimum atomic E-state index is -0.396. The van der Waals surface area contributed by atoms with Crippen LogP contribution in [0, 0.1) is 0 Å². The van der Waals surface area contributed by atoms with E-state index in [1.54, 1.807) is 24.3 Å². The first-order chi connectivity index (χ1) is 14.0. The van der Waals surface area contributed by atoms with Crippen molar-refractivity contribution in [2.24, 2.45) is 0 Å². The van der Waals surface area contributed by atoms with Crippen LogP contribution in [0.5, 0.6) is 11.5 Å². The highest BCUT2D eigenvalue weighted by atomic mass is 35.5. The van der Waals surface area contributed by atoms with Crippen LogP contribution in [0.4, 0.5) is 0 Å². The summed E-state index contributed by atoms with van der Waals surface area (Å²) < 4.78 is 11.2. The average molecular weight is 425 g/mol. The third-order valence-electron chi connectivity index (χ3n) is 5.07. The number of hydrogen-bond acceptors (Lipinski definition) is 6. The Hall–Kier alpha value is -3.09. The van der Waals surface area contributed by atoms with Crippen LogP contribution in [0.3, 0.4) is 0 Å². The molecule has 7 heteroatoms. The highest BCUT2D eigenvalue weighted by Crippen LogP contribution is 2.45. The molecule has 0 saturated carbocycles. The molecule has 1 unspecified atom stereocenters. The molecule has 1 atom stereocenters. The number of carbonyl (C=O) groups excluding carboxylic acids is 1. The van der Waals surface area contributed by atoms with Gasteiger partial charge in [-0.15, -0.1) is 0 Å². The molecule has 0 saturated heterocycles. The van der Waals surface area contributed by atoms with Crippen LogP contribution in [0.25, 0.3) is 22.1 Å².